The molecule has 0 saturated carbocycles. The van der Waals surface area contributed by atoms with Crippen molar-refractivity contribution in [3.05, 3.63) is 24.4 Å². The van der Waals surface area contributed by atoms with Crippen LogP contribution in [0.25, 0.3) is 5.52 Å². The Hall–Kier alpha value is -1.53. The molecule has 0 bridgehead atoms. The van der Waals surface area contributed by atoms with E-state index in [0.29, 0.717) is 5.82 Å². The Morgan fingerprint density at radius 1 is 1.16 bits per heavy atom. The van der Waals surface area contributed by atoms with E-state index in [4.69, 9.17) is 15.0 Å². The third-order valence-corrected chi connectivity index (χ3v) is 4.03. The van der Waals surface area contributed by atoms with E-state index in [9.17, 15) is 0 Å². The van der Waals surface area contributed by atoms with Gasteiger partial charge in [-0.15, -0.1) is 0 Å². The quantitative estimate of drug-likeness (QED) is 0.782. The topological polar surface area (TPSA) is 61.8 Å². The van der Waals surface area contributed by atoms with Crippen LogP contribution in [0.5, 0.6) is 0 Å². The predicted molar refractivity (Wildman–Crippen MR) is 75.3 cm³/mol. The van der Waals surface area contributed by atoms with E-state index >= 15 is 0 Å². The van der Waals surface area contributed by atoms with Gasteiger partial charge in [-0.3, -0.25) is 0 Å². The summed E-state index contributed by atoms with van der Waals surface area (Å²) < 4.78 is 13.8. The van der Waals surface area contributed by atoms with Gasteiger partial charge >= 0.3 is 7.12 Å². The lowest BCUT2D eigenvalue weighted by Gasteiger charge is -2.32. The maximum atomic E-state index is 6.02. The Balaban J connectivity index is 1.97. The number of hydrogen-bond donors (Lipinski definition) is 1. The second-order valence-corrected chi connectivity index (χ2v) is 5.99. The van der Waals surface area contributed by atoms with Crippen LogP contribution in [0.3, 0.4) is 0 Å². The predicted octanol–water partition coefficient (Wildman–Crippen LogP) is 1.22. The average molecular weight is 259 g/mol. The molecule has 0 aliphatic carbocycles. The van der Waals surface area contributed by atoms with Crippen LogP contribution in [0.1, 0.15) is 27.7 Å². The van der Waals surface area contributed by atoms with Gasteiger partial charge in [0.1, 0.15) is 5.82 Å². The summed E-state index contributed by atoms with van der Waals surface area (Å²) in [5.74, 6) is 0.506. The minimum Gasteiger partial charge on any atom is -0.399 e. The van der Waals surface area contributed by atoms with Crippen molar-refractivity contribution in [3.8, 4) is 0 Å². The number of rotatable bonds is 1. The number of fused-ring (bicyclic) bond motifs is 1. The highest BCUT2D eigenvalue weighted by molar-refractivity contribution is 6.62. The van der Waals surface area contributed by atoms with Crippen molar-refractivity contribution in [2.45, 2.75) is 38.9 Å². The molecule has 19 heavy (non-hydrogen) atoms. The standard InChI is InChI=1S/C13H18BN3O2/c1-12(2)13(3,4)19-14(18-12)9-5-6-17-10(7-9)8-11(15)16-17/h5-8H,1-4H3,(H2,15,16). The van der Waals surface area contributed by atoms with E-state index in [1.54, 1.807) is 4.52 Å². The van der Waals surface area contributed by atoms with Crippen molar-refractivity contribution in [2.75, 3.05) is 5.73 Å². The first-order valence-corrected chi connectivity index (χ1v) is 6.39. The van der Waals surface area contributed by atoms with Crippen LogP contribution in [0.4, 0.5) is 5.82 Å². The zero-order chi connectivity index (χ0) is 13.8. The number of hydrogen-bond acceptors (Lipinski definition) is 4. The SMILES string of the molecule is CC1(C)OB(c2ccn3nc(N)cc3c2)OC1(C)C. The molecule has 2 aromatic heterocycles. The van der Waals surface area contributed by atoms with Crippen molar-refractivity contribution in [3.63, 3.8) is 0 Å². The summed E-state index contributed by atoms with van der Waals surface area (Å²) in [4.78, 5) is 0. The van der Waals surface area contributed by atoms with E-state index < -0.39 is 0 Å². The number of nitrogen functional groups attached to an aromatic ring is 1. The summed E-state index contributed by atoms with van der Waals surface area (Å²) in [5, 5.41) is 4.15. The summed E-state index contributed by atoms with van der Waals surface area (Å²) in [5.41, 5.74) is 6.94. The zero-order valence-corrected chi connectivity index (χ0v) is 11.7. The van der Waals surface area contributed by atoms with E-state index in [1.807, 2.05) is 52.1 Å². The Kier molecular flexibility index (Phi) is 2.46. The molecule has 100 valence electrons. The largest absolute Gasteiger partial charge is 0.494 e. The first kappa shape index (κ1) is 12.5. The average Bonchev–Trinajstić information content (AvgIpc) is 2.74. The lowest BCUT2D eigenvalue weighted by Crippen LogP contribution is -2.41. The Bertz CT molecular complexity index is 620. The summed E-state index contributed by atoms with van der Waals surface area (Å²) in [6, 6.07) is 5.77. The molecule has 0 aromatic carbocycles. The van der Waals surface area contributed by atoms with Gasteiger partial charge in [0.15, 0.2) is 0 Å². The molecular weight excluding hydrogens is 241 g/mol. The van der Waals surface area contributed by atoms with Crippen molar-refractivity contribution in [1.29, 1.82) is 0 Å². The third-order valence-electron chi connectivity index (χ3n) is 4.03. The molecule has 0 spiro atoms. The fourth-order valence-corrected chi connectivity index (χ4v) is 2.16. The summed E-state index contributed by atoms with van der Waals surface area (Å²) in [6.07, 6.45) is 1.87. The number of pyridine rings is 1. The number of nitrogens with two attached hydrogens (primary N) is 1. The normalized spacial score (nSPS) is 21.2. The molecule has 2 N–H and O–H groups in total. The van der Waals surface area contributed by atoms with Gasteiger partial charge in [0, 0.05) is 12.3 Å². The van der Waals surface area contributed by atoms with Crippen LogP contribution < -0.4 is 11.2 Å². The van der Waals surface area contributed by atoms with E-state index in [1.165, 1.54) is 0 Å². The van der Waals surface area contributed by atoms with Gasteiger partial charge in [0.05, 0.1) is 16.7 Å². The summed E-state index contributed by atoms with van der Waals surface area (Å²) >= 11 is 0. The maximum absolute atomic E-state index is 6.02. The first-order chi connectivity index (χ1) is 8.78. The molecule has 0 atom stereocenters. The second-order valence-electron chi connectivity index (χ2n) is 5.99. The lowest BCUT2D eigenvalue weighted by atomic mass is 9.79. The van der Waals surface area contributed by atoms with Crippen LogP contribution in [-0.2, 0) is 9.31 Å². The number of anilines is 1. The molecule has 0 unspecified atom stereocenters. The van der Waals surface area contributed by atoms with Crippen LogP contribution in [-0.4, -0.2) is 27.9 Å². The van der Waals surface area contributed by atoms with Gasteiger partial charge < -0.3 is 15.0 Å². The molecule has 6 heteroatoms. The van der Waals surface area contributed by atoms with Gasteiger partial charge in [-0.05, 0) is 45.3 Å². The van der Waals surface area contributed by atoms with Crippen molar-refractivity contribution >= 4 is 23.9 Å². The first-order valence-electron chi connectivity index (χ1n) is 6.39. The van der Waals surface area contributed by atoms with E-state index in [2.05, 4.69) is 5.10 Å². The van der Waals surface area contributed by atoms with Gasteiger partial charge in [-0.25, -0.2) is 4.52 Å². The Labute approximate surface area is 112 Å². The molecule has 0 amide bonds. The number of aromatic nitrogens is 2. The molecule has 1 saturated heterocycles. The van der Waals surface area contributed by atoms with E-state index in [0.717, 1.165) is 11.0 Å². The highest BCUT2D eigenvalue weighted by atomic mass is 16.7. The van der Waals surface area contributed by atoms with Gasteiger partial charge in [0.25, 0.3) is 0 Å². The molecule has 1 aliphatic heterocycles. The third kappa shape index (κ3) is 1.91. The molecule has 3 heterocycles. The highest BCUT2D eigenvalue weighted by Crippen LogP contribution is 2.36. The fourth-order valence-electron chi connectivity index (χ4n) is 2.16. The van der Waals surface area contributed by atoms with Crippen LogP contribution in [0.2, 0.25) is 0 Å². The van der Waals surface area contributed by atoms with Gasteiger partial charge in [-0.1, -0.05) is 0 Å². The minimum absolute atomic E-state index is 0.330. The summed E-state index contributed by atoms with van der Waals surface area (Å²) in [7, 11) is -0.355. The minimum atomic E-state index is -0.355. The van der Waals surface area contributed by atoms with Crippen LogP contribution >= 0.6 is 0 Å². The zero-order valence-electron chi connectivity index (χ0n) is 11.7. The van der Waals surface area contributed by atoms with Crippen molar-refractivity contribution in [1.82, 2.24) is 9.61 Å². The smallest absolute Gasteiger partial charge is 0.399 e. The molecule has 0 radical (unpaired) electrons. The monoisotopic (exact) mass is 259 g/mol. The van der Waals surface area contributed by atoms with Crippen molar-refractivity contribution in [2.24, 2.45) is 0 Å². The molecule has 1 aliphatic rings. The fraction of sp³-hybridized carbons (Fsp3) is 0.462. The van der Waals surface area contributed by atoms with Gasteiger partial charge in [0.2, 0.25) is 0 Å². The molecule has 1 fully saturated rings. The molecule has 2 aromatic rings. The number of nitrogens with zero attached hydrogens (tertiary/aromatic N) is 2. The summed E-state index contributed by atoms with van der Waals surface area (Å²) in [6.45, 7) is 8.18. The van der Waals surface area contributed by atoms with Gasteiger partial charge in [-0.2, -0.15) is 5.10 Å². The Morgan fingerprint density at radius 3 is 2.42 bits per heavy atom. The second kappa shape index (κ2) is 3.74. The highest BCUT2D eigenvalue weighted by Gasteiger charge is 2.51. The maximum Gasteiger partial charge on any atom is 0.494 e. The molecular formula is C13H18BN3O2. The van der Waals surface area contributed by atoms with E-state index in [-0.39, 0.29) is 18.3 Å². The van der Waals surface area contributed by atoms with Crippen LogP contribution in [0.15, 0.2) is 24.4 Å². The van der Waals surface area contributed by atoms with Crippen LogP contribution in [0, 0.1) is 0 Å². The lowest BCUT2D eigenvalue weighted by molar-refractivity contribution is 0.00578. The Morgan fingerprint density at radius 2 is 1.79 bits per heavy atom. The molecule has 5 nitrogen and oxygen atoms in total. The molecule has 3 rings (SSSR count). The van der Waals surface area contributed by atoms with Crippen molar-refractivity contribution < 1.29 is 9.31 Å².